The lowest BCUT2D eigenvalue weighted by Crippen LogP contribution is -2.10. The minimum atomic E-state index is -2.83. The maximum atomic E-state index is 10.7. The van der Waals surface area contributed by atoms with E-state index < -0.39 is 9.84 Å². The lowest BCUT2D eigenvalue weighted by atomic mass is 10.2. The zero-order valence-electron chi connectivity index (χ0n) is 7.42. The Balaban J connectivity index is 3.44. The van der Waals surface area contributed by atoms with E-state index in [1.807, 2.05) is 0 Å². The monoisotopic (exact) mass is 214 g/mol. The number of halogens is 1. The average molecular weight is 215 g/mol. The molecule has 0 radical (unpaired) electrons. The van der Waals surface area contributed by atoms with Crippen LogP contribution in [0, 0.1) is 0 Å². The minimum absolute atomic E-state index is 0.0725. The Labute approximate surface area is 79.0 Å². The normalized spacial score (nSPS) is 14.6. The Hall–Kier alpha value is 0.200. The first kappa shape index (κ1) is 12.2. The minimum Gasteiger partial charge on any atom is -0.383 e. The smallest absolute Gasteiger partial charge is 0.147 e. The highest BCUT2D eigenvalue weighted by atomic mass is 35.5. The number of hydrogen-bond donors (Lipinski definition) is 0. The van der Waals surface area contributed by atoms with Crippen LogP contribution in [0.5, 0.6) is 0 Å². The van der Waals surface area contributed by atoms with Gasteiger partial charge in [-0.1, -0.05) is 0 Å². The summed E-state index contributed by atoms with van der Waals surface area (Å²) >= 11 is 5.79. The van der Waals surface area contributed by atoms with E-state index in [2.05, 4.69) is 0 Å². The largest absolute Gasteiger partial charge is 0.383 e. The maximum Gasteiger partial charge on any atom is 0.147 e. The zero-order valence-corrected chi connectivity index (χ0v) is 8.99. The summed E-state index contributed by atoms with van der Waals surface area (Å²) in [4.78, 5) is 0. The molecule has 0 aliphatic carbocycles. The van der Waals surface area contributed by atoms with Gasteiger partial charge in [0.05, 0.1) is 12.0 Å². The first-order valence-corrected chi connectivity index (χ1v) is 6.26. The van der Waals surface area contributed by atoms with Gasteiger partial charge in [-0.2, -0.15) is 0 Å². The average Bonchev–Trinajstić information content (AvgIpc) is 1.84. The summed E-state index contributed by atoms with van der Waals surface area (Å²) in [7, 11) is -1.26. The van der Waals surface area contributed by atoms with Gasteiger partial charge in [0, 0.05) is 19.1 Å². The number of rotatable bonds is 6. The molecule has 0 aromatic carbocycles. The summed E-state index contributed by atoms with van der Waals surface area (Å²) in [6.07, 6.45) is 2.52. The first-order chi connectivity index (χ1) is 5.45. The van der Waals surface area contributed by atoms with E-state index in [1.54, 1.807) is 7.11 Å². The maximum absolute atomic E-state index is 10.7. The fourth-order valence-corrected chi connectivity index (χ4v) is 1.80. The van der Waals surface area contributed by atoms with Gasteiger partial charge in [0.25, 0.3) is 0 Å². The van der Waals surface area contributed by atoms with Crippen LogP contribution in [0.4, 0.5) is 0 Å². The molecule has 0 fully saturated rings. The SMILES string of the molecule is COCC(Cl)CCCS(C)(=O)=O. The van der Waals surface area contributed by atoms with Gasteiger partial charge in [-0.05, 0) is 12.8 Å². The van der Waals surface area contributed by atoms with E-state index in [0.29, 0.717) is 19.4 Å². The Morgan fingerprint density at radius 3 is 2.50 bits per heavy atom. The van der Waals surface area contributed by atoms with Gasteiger partial charge in [0.2, 0.25) is 0 Å². The van der Waals surface area contributed by atoms with Crippen LogP contribution in [-0.4, -0.2) is 39.5 Å². The first-order valence-electron chi connectivity index (χ1n) is 3.76. The molecular weight excluding hydrogens is 200 g/mol. The van der Waals surface area contributed by atoms with Crippen molar-refractivity contribution in [1.82, 2.24) is 0 Å². The summed E-state index contributed by atoms with van der Waals surface area (Å²) < 4.78 is 26.2. The van der Waals surface area contributed by atoms with Crippen molar-refractivity contribution in [2.45, 2.75) is 18.2 Å². The van der Waals surface area contributed by atoms with Crippen LogP contribution in [0.3, 0.4) is 0 Å². The molecule has 74 valence electrons. The molecule has 0 amide bonds. The van der Waals surface area contributed by atoms with Crippen molar-refractivity contribution in [2.24, 2.45) is 0 Å². The van der Waals surface area contributed by atoms with Gasteiger partial charge in [0.15, 0.2) is 0 Å². The van der Waals surface area contributed by atoms with Crippen LogP contribution < -0.4 is 0 Å². The topological polar surface area (TPSA) is 43.4 Å². The number of hydrogen-bond acceptors (Lipinski definition) is 3. The second-order valence-corrected chi connectivity index (χ2v) is 5.70. The van der Waals surface area contributed by atoms with Crippen LogP contribution >= 0.6 is 11.6 Å². The highest BCUT2D eigenvalue weighted by Gasteiger charge is 2.06. The Bertz CT molecular complexity index is 201. The van der Waals surface area contributed by atoms with Crippen molar-refractivity contribution in [2.75, 3.05) is 25.7 Å². The highest BCUT2D eigenvalue weighted by molar-refractivity contribution is 7.90. The molecule has 1 atom stereocenters. The van der Waals surface area contributed by atoms with E-state index in [0.717, 1.165) is 0 Å². The number of methoxy groups -OCH3 is 1. The molecular formula is C7H15ClO3S. The van der Waals surface area contributed by atoms with Crippen LogP contribution in [0.25, 0.3) is 0 Å². The van der Waals surface area contributed by atoms with Crippen molar-refractivity contribution < 1.29 is 13.2 Å². The van der Waals surface area contributed by atoms with E-state index in [9.17, 15) is 8.42 Å². The second-order valence-electron chi connectivity index (χ2n) is 2.82. The third-order valence-corrected chi connectivity index (χ3v) is 2.75. The highest BCUT2D eigenvalue weighted by Crippen LogP contribution is 2.06. The molecule has 12 heavy (non-hydrogen) atoms. The Morgan fingerprint density at radius 1 is 1.50 bits per heavy atom. The predicted octanol–water partition coefficient (Wildman–Crippen LogP) is 1.07. The molecule has 0 aliphatic heterocycles. The summed E-state index contributed by atoms with van der Waals surface area (Å²) in [5.41, 5.74) is 0. The van der Waals surface area contributed by atoms with E-state index in [1.165, 1.54) is 6.26 Å². The molecule has 3 nitrogen and oxygen atoms in total. The second kappa shape index (κ2) is 5.78. The molecule has 1 unspecified atom stereocenters. The molecule has 0 aliphatic rings. The van der Waals surface area contributed by atoms with Crippen LogP contribution in [0.15, 0.2) is 0 Å². The molecule has 0 N–H and O–H groups in total. The van der Waals surface area contributed by atoms with Gasteiger partial charge >= 0.3 is 0 Å². The molecule has 0 spiro atoms. The Morgan fingerprint density at radius 2 is 2.08 bits per heavy atom. The fraction of sp³-hybridized carbons (Fsp3) is 1.00. The van der Waals surface area contributed by atoms with Gasteiger partial charge < -0.3 is 4.74 Å². The standard InChI is InChI=1S/C7H15ClO3S/c1-11-6-7(8)4-3-5-12(2,9)10/h7H,3-6H2,1-2H3. The number of alkyl halides is 1. The van der Waals surface area contributed by atoms with E-state index >= 15 is 0 Å². The molecule has 5 heteroatoms. The van der Waals surface area contributed by atoms with Crippen molar-refractivity contribution in [3.05, 3.63) is 0 Å². The predicted molar refractivity (Wildman–Crippen MR) is 50.5 cm³/mol. The summed E-state index contributed by atoms with van der Waals surface area (Å²) in [5.74, 6) is 0.208. The van der Waals surface area contributed by atoms with Crippen molar-refractivity contribution in [3.8, 4) is 0 Å². The lowest BCUT2D eigenvalue weighted by Gasteiger charge is -2.06. The van der Waals surface area contributed by atoms with E-state index in [-0.39, 0.29) is 11.1 Å². The molecule has 0 saturated carbocycles. The van der Waals surface area contributed by atoms with Gasteiger partial charge in [0.1, 0.15) is 9.84 Å². The number of ether oxygens (including phenoxy) is 1. The van der Waals surface area contributed by atoms with Gasteiger partial charge in [-0.3, -0.25) is 0 Å². The summed E-state index contributed by atoms with van der Waals surface area (Å²) in [6.45, 7) is 0.477. The molecule has 0 aromatic heterocycles. The van der Waals surface area contributed by atoms with E-state index in [4.69, 9.17) is 16.3 Å². The summed E-state index contributed by atoms with van der Waals surface area (Å²) in [6, 6.07) is 0. The molecule has 0 rings (SSSR count). The Kier molecular flexibility index (Phi) is 5.88. The van der Waals surface area contributed by atoms with Crippen LogP contribution in [0.1, 0.15) is 12.8 Å². The molecule has 0 bridgehead atoms. The third-order valence-electron chi connectivity index (χ3n) is 1.38. The molecule has 0 heterocycles. The van der Waals surface area contributed by atoms with Gasteiger partial charge in [-0.25, -0.2) is 8.42 Å². The van der Waals surface area contributed by atoms with Crippen LogP contribution in [0.2, 0.25) is 0 Å². The van der Waals surface area contributed by atoms with Gasteiger partial charge in [-0.15, -0.1) is 11.6 Å². The van der Waals surface area contributed by atoms with Crippen molar-refractivity contribution in [1.29, 1.82) is 0 Å². The lowest BCUT2D eigenvalue weighted by molar-refractivity contribution is 0.195. The van der Waals surface area contributed by atoms with Crippen LogP contribution in [-0.2, 0) is 14.6 Å². The fourth-order valence-electron chi connectivity index (χ4n) is 0.831. The van der Waals surface area contributed by atoms with Crippen molar-refractivity contribution in [3.63, 3.8) is 0 Å². The molecule has 0 saturated heterocycles. The van der Waals surface area contributed by atoms with Crippen molar-refractivity contribution >= 4 is 21.4 Å². The quantitative estimate of drug-likeness (QED) is 0.622. The zero-order chi connectivity index (χ0) is 9.61. The number of sulfone groups is 1. The summed E-state index contributed by atoms with van der Waals surface area (Å²) in [5, 5.41) is -0.0725. The third kappa shape index (κ3) is 8.30. The molecule has 0 aromatic rings.